The summed E-state index contributed by atoms with van der Waals surface area (Å²) in [5, 5.41) is 0.718. The van der Waals surface area contributed by atoms with Crippen LogP contribution in [-0.4, -0.2) is 49.8 Å². The van der Waals surface area contributed by atoms with E-state index in [1.54, 1.807) is 4.90 Å². The van der Waals surface area contributed by atoms with Gasteiger partial charge in [0.1, 0.15) is 0 Å². The standard InChI is InChI=1S/C16H22ClNO3/c1-11(13-4-6-14(17)7-5-13)12(2)18(3)16(19)15-10-20-8-9-21-15/h4-7,11-12,15H,8-10H2,1-3H3/t11-,12-,15+/m0/s1. The van der Waals surface area contributed by atoms with Crippen LogP contribution >= 0.6 is 11.6 Å². The molecule has 1 heterocycles. The molecule has 0 aliphatic carbocycles. The number of nitrogens with zero attached hydrogens (tertiary/aromatic N) is 1. The van der Waals surface area contributed by atoms with E-state index in [0.717, 1.165) is 10.6 Å². The first-order valence-corrected chi connectivity index (χ1v) is 7.60. The molecule has 1 aliphatic rings. The van der Waals surface area contributed by atoms with E-state index >= 15 is 0 Å². The summed E-state index contributed by atoms with van der Waals surface area (Å²) < 4.78 is 10.8. The molecule has 0 aromatic heterocycles. The van der Waals surface area contributed by atoms with E-state index in [-0.39, 0.29) is 17.9 Å². The second kappa shape index (κ2) is 7.25. The third kappa shape index (κ3) is 3.96. The number of likely N-dealkylation sites (N-methyl/N-ethyl adjacent to an activating group) is 1. The molecule has 1 aromatic rings. The predicted octanol–water partition coefficient (Wildman–Crippen LogP) is 2.71. The number of benzene rings is 1. The molecule has 3 atom stereocenters. The van der Waals surface area contributed by atoms with Crippen LogP contribution in [0.4, 0.5) is 0 Å². The lowest BCUT2D eigenvalue weighted by Crippen LogP contribution is -2.48. The highest BCUT2D eigenvalue weighted by Crippen LogP contribution is 2.24. The number of hydrogen-bond donors (Lipinski definition) is 0. The van der Waals surface area contributed by atoms with Crippen molar-refractivity contribution in [3.63, 3.8) is 0 Å². The number of amides is 1. The van der Waals surface area contributed by atoms with E-state index in [4.69, 9.17) is 21.1 Å². The fourth-order valence-electron chi connectivity index (χ4n) is 2.44. The van der Waals surface area contributed by atoms with Gasteiger partial charge in [0, 0.05) is 24.0 Å². The molecule has 2 rings (SSSR count). The molecule has 0 bridgehead atoms. The Morgan fingerprint density at radius 3 is 2.52 bits per heavy atom. The van der Waals surface area contributed by atoms with Crippen molar-refractivity contribution in [1.82, 2.24) is 4.90 Å². The first kappa shape index (κ1) is 16.3. The zero-order valence-corrected chi connectivity index (χ0v) is 13.5. The van der Waals surface area contributed by atoms with E-state index in [9.17, 15) is 4.79 Å². The second-order valence-corrected chi connectivity index (χ2v) is 5.90. The normalized spacial score (nSPS) is 21.6. The molecular formula is C16H22ClNO3. The minimum Gasteiger partial charge on any atom is -0.376 e. The Balaban J connectivity index is 2.01. The van der Waals surface area contributed by atoms with E-state index in [2.05, 4.69) is 6.92 Å². The zero-order chi connectivity index (χ0) is 15.4. The summed E-state index contributed by atoms with van der Waals surface area (Å²) in [6.07, 6.45) is -0.483. The first-order valence-electron chi connectivity index (χ1n) is 7.22. The van der Waals surface area contributed by atoms with Crippen LogP contribution in [0.3, 0.4) is 0 Å². The average molecular weight is 312 g/mol. The summed E-state index contributed by atoms with van der Waals surface area (Å²) in [6, 6.07) is 7.81. The van der Waals surface area contributed by atoms with E-state index in [0.29, 0.717) is 19.8 Å². The van der Waals surface area contributed by atoms with Crippen molar-refractivity contribution in [3.8, 4) is 0 Å². The highest BCUT2D eigenvalue weighted by atomic mass is 35.5. The maximum Gasteiger partial charge on any atom is 0.254 e. The summed E-state index contributed by atoms with van der Waals surface area (Å²) in [5.74, 6) is 0.184. The summed E-state index contributed by atoms with van der Waals surface area (Å²) in [6.45, 7) is 5.53. The van der Waals surface area contributed by atoms with Gasteiger partial charge in [-0.05, 0) is 24.6 Å². The van der Waals surface area contributed by atoms with Crippen LogP contribution in [0.1, 0.15) is 25.3 Å². The van der Waals surface area contributed by atoms with Gasteiger partial charge in [-0.3, -0.25) is 4.79 Å². The third-order valence-corrected chi connectivity index (χ3v) is 4.42. The van der Waals surface area contributed by atoms with Gasteiger partial charge < -0.3 is 14.4 Å². The Morgan fingerprint density at radius 1 is 1.29 bits per heavy atom. The fraction of sp³-hybridized carbons (Fsp3) is 0.562. The Kier molecular flexibility index (Phi) is 5.62. The molecule has 0 radical (unpaired) electrons. The van der Waals surface area contributed by atoms with Gasteiger partial charge in [0.15, 0.2) is 6.10 Å². The van der Waals surface area contributed by atoms with Gasteiger partial charge in [0.2, 0.25) is 0 Å². The van der Waals surface area contributed by atoms with Crippen molar-refractivity contribution in [2.45, 2.75) is 31.9 Å². The number of hydrogen-bond acceptors (Lipinski definition) is 3. The Hall–Kier alpha value is -1.10. The lowest BCUT2D eigenvalue weighted by molar-refractivity contribution is -0.158. The SMILES string of the molecule is C[C@H](c1ccc(Cl)cc1)[C@H](C)N(C)C(=O)[C@H]1COCCO1. The maximum absolute atomic E-state index is 12.4. The zero-order valence-electron chi connectivity index (χ0n) is 12.7. The van der Waals surface area contributed by atoms with Crippen LogP contribution in [0, 0.1) is 0 Å². The quantitative estimate of drug-likeness (QED) is 0.858. The average Bonchev–Trinajstić information content (AvgIpc) is 2.53. The Morgan fingerprint density at radius 2 is 1.95 bits per heavy atom. The highest BCUT2D eigenvalue weighted by Gasteiger charge is 2.30. The van der Waals surface area contributed by atoms with Gasteiger partial charge in [0.25, 0.3) is 5.91 Å². The van der Waals surface area contributed by atoms with Gasteiger partial charge in [0.05, 0.1) is 19.8 Å². The van der Waals surface area contributed by atoms with E-state index in [1.165, 1.54) is 0 Å². The highest BCUT2D eigenvalue weighted by molar-refractivity contribution is 6.30. The summed E-state index contributed by atoms with van der Waals surface area (Å²) in [4.78, 5) is 14.2. The molecule has 116 valence electrons. The van der Waals surface area contributed by atoms with Crippen molar-refractivity contribution >= 4 is 17.5 Å². The van der Waals surface area contributed by atoms with Crippen molar-refractivity contribution in [3.05, 3.63) is 34.9 Å². The molecule has 1 fully saturated rings. The third-order valence-electron chi connectivity index (χ3n) is 4.17. The molecule has 0 saturated carbocycles. The number of carbonyl (C=O) groups excluding carboxylic acids is 1. The Labute approximate surface area is 131 Å². The van der Waals surface area contributed by atoms with Gasteiger partial charge in [-0.1, -0.05) is 30.7 Å². The monoisotopic (exact) mass is 311 g/mol. The molecule has 1 aromatic carbocycles. The maximum atomic E-state index is 12.4. The minimum atomic E-state index is -0.483. The summed E-state index contributed by atoms with van der Waals surface area (Å²) >= 11 is 5.92. The molecule has 1 amide bonds. The van der Waals surface area contributed by atoms with E-state index in [1.807, 2.05) is 38.2 Å². The van der Waals surface area contributed by atoms with Gasteiger partial charge in [-0.25, -0.2) is 0 Å². The first-order chi connectivity index (χ1) is 10.0. The van der Waals surface area contributed by atoms with Crippen molar-refractivity contribution in [2.24, 2.45) is 0 Å². The predicted molar refractivity (Wildman–Crippen MR) is 82.7 cm³/mol. The smallest absolute Gasteiger partial charge is 0.254 e. The molecule has 4 nitrogen and oxygen atoms in total. The molecule has 5 heteroatoms. The van der Waals surface area contributed by atoms with Crippen molar-refractivity contribution in [2.75, 3.05) is 26.9 Å². The van der Waals surface area contributed by atoms with Gasteiger partial charge in [-0.2, -0.15) is 0 Å². The number of rotatable bonds is 4. The van der Waals surface area contributed by atoms with E-state index < -0.39 is 6.10 Å². The van der Waals surface area contributed by atoms with Crippen molar-refractivity contribution < 1.29 is 14.3 Å². The number of ether oxygens (including phenoxy) is 2. The molecule has 0 spiro atoms. The van der Waals surface area contributed by atoms with Crippen LogP contribution in [0.5, 0.6) is 0 Å². The minimum absolute atomic E-state index is 0.0250. The lowest BCUT2D eigenvalue weighted by atomic mass is 9.93. The number of carbonyl (C=O) groups is 1. The fourth-order valence-corrected chi connectivity index (χ4v) is 2.56. The Bertz CT molecular complexity index is 471. The van der Waals surface area contributed by atoms with Crippen LogP contribution < -0.4 is 0 Å². The van der Waals surface area contributed by atoms with Crippen LogP contribution in [0.15, 0.2) is 24.3 Å². The summed E-state index contributed by atoms with van der Waals surface area (Å²) in [7, 11) is 1.82. The van der Waals surface area contributed by atoms with Crippen molar-refractivity contribution in [1.29, 1.82) is 0 Å². The van der Waals surface area contributed by atoms with Crippen LogP contribution in [0.25, 0.3) is 0 Å². The molecule has 21 heavy (non-hydrogen) atoms. The molecule has 1 saturated heterocycles. The van der Waals surface area contributed by atoms with Gasteiger partial charge in [-0.15, -0.1) is 0 Å². The molecule has 0 unspecified atom stereocenters. The summed E-state index contributed by atoms with van der Waals surface area (Å²) in [5.41, 5.74) is 1.16. The number of halogens is 1. The lowest BCUT2D eigenvalue weighted by Gasteiger charge is -2.33. The van der Waals surface area contributed by atoms with Crippen LogP contribution in [-0.2, 0) is 14.3 Å². The van der Waals surface area contributed by atoms with Gasteiger partial charge >= 0.3 is 0 Å². The topological polar surface area (TPSA) is 38.8 Å². The molecular weight excluding hydrogens is 290 g/mol. The second-order valence-electron chi connectivity index (χ2n) is 5.46. The van der Waals surface area contributed by atoms with Crippen LogP contribution in [0.2, 0.25) is 5.02 Å². The largest absolute Gasteiger partial charge is 0.376 e. The molecule has 0 N–H and O–H groups in total. The molecule has 1 aliphatic heterocycles.